The molecule has 2 atom stereocenters. The average Bonchev–Trinajstić information content (AvgIpc) is 2.34. The first-order valence-corrected chi connectivity index (χ1v) is 9.50. The van der Waals surface area contributed by atoms with Crippen LogP contribution in [-0.4, -0.2) is 67.5 Å². The lowest BCUT2D eigenvalue weighted by Gasteiger charge is -2.23. The second-order valence-electron chi connectivity index (χ2n) is 4.81. The second-order valence-corrected chi connectivity index (χ2v) is 8.22. The van der Waals surface area contributed by atoms with E-state index in [1.165, 1.54) is 0 Å². The zero-order valence-electron chi connectivity index (χ0n) is 11.3. The molecule has 1 saturated heterocycles. The van der Waals surface area contributed by atoms with Crippen molar-refractivity contribution in [1.82, 2.24) is 10.6 Å². The zero-order chi connectivity index (χ0) is 15.2. The van der Waals surface area contributed by atoms with Gasteiger partial charge in [0.2, 0.25) is 5.91 Å². The number of rotatable bonds is 7. The van der Waals surface area contributed by atoms with E-state index < -0.39 is 21.8 Å². The maximum atomic E-state index is 11.8. The van der Waals surface area contributed by atoms with E-state index in [1.54, 1.807) is 11.8 Å². The largest absolute Gasteiger partial charge is 0.480 e. The maximum Gasteiger partial charge on any atom is 0.326 e. The van der Waals surface area contributed by atoms with Crippen molar-refractivity contribution in [3.05, 3.63) is 0 Å². The fourth-order valence-corrected chi connectivity index (χ4v) is 3.43. The minimum absolute atomic E-state index is 0.0399. The molecule has 0 bridgehead atoms. The van der Waals surface area contributed by atoms with Gasteiger partial charge in [-0.25, -0.2) is 13.2 Å². The summed E-state index contributed by atoms with van der Waals surface area (Å²) in [5, 5.41) is 14.6. The number of carbonyl (C=O) groups excluding carboxylic acids is 1. The Balaban J connectivity index is 2.43. The number of carbonyl (C=O) groups is 2. The van der Waals surface area contributed by atoms with Gasteiger partial charge < -0.3 is 15.7 Å². The Kier molecular flexibility index (Phi) is 6.77. The molecule has 9 heteroatoms. The predicted octanol–water partition coefficient (Wildman–Crippen LogP) is -0.914. The first-order valence-electron chi connectivity index (χ1n) is 6.29. The van der Waals surface area contributed by atoms with Gasteiger partial charge in [-0.05, 0) is 6.42 Å². The van der Waals surface area contributed by atoms with Gasteiger partial charge >= 0.3 is 5.97 Å². The molecule has 0 aliphatic carbocycles. The minimum atomic E-state index is -3.25. The lowest BCUT2D eigenvalue weighted by atomic mass is 10.2. The fraction of sp³-hybridized carbons (Fsp3) is 0.818. The van der Waals surface area contributed by atoms with Gasteiger partial charge in [0, 0.05) is 36.8 Å². The molecule has 0 saturated carbocycles. The summed E-state index contributed by atoms with van der Waals surface area (Å²) in [5.41, 5.74) is 0. The normalized spacial score (nSPS) is 21.1. The molecular weight excluding hydrogens is 304 g/mol. The van der Waals surface area contributed by atoms with Crippen molar-refractivity contribution in [2.45, 2.75) is 24.9 Å². The molecule has 1 aliphatic rings. The molecule has 0 radical (unpaired) electrons. The Bertz CT molecular complexity index is 446. The molecule has 1 amide bonds. The third-order valence-corrected chi connectivity index (χ3v) is 4.95. The van der Waals surface area contributed by atoms with E-state index >= 15 is 0 Å². The van der Waals surface area contributed by atoms with Gasteiger partial charge in [0.1, 0.15) is 15.9 Å². The molecule has 0 aromatic carbocycles. The van der Waals surface area contributed by atoms with Crippen molar-refractivity contribution >= 4 is 33.5 Å². The van der Waals surface area contributed by atoms with Gasteiger partial charge in [0.25, 0.3) is 0 Å². The lowest BCUT2D eigenvalue weighted by molar-refractivity contribution is -0.141. The standard InChI is InChI=1S/C11H20N2O5S2/c1-20(17,18)5-2-9(11(15)16)13-10(14)6-8-7-19-4-3-12-8/h8-9,12H,2-7H2,1H3,(H,13,14)(H,15,16). The van der Waals surface area contributed by atoms with Crippen LogP contribution in [0.2, 0.25) is 0 Å². The summed E-state index contributed by atoms with van der Waals surface area (Å²) in [6.45, 7) is 0.832. The Hall–Kier alpha value is -0.800. The monoisotopic (exact) mass is 324 g/mol. The van der Waals surface area contributed by atoms with E-state index in [0.717, 1.165) is 24.3 Å². The number of aliphatic carboxylic acids is 1. The molecule has 3 N–H and O–H groups in total. The molecule has 1 fully saturated rings. The fourth-order valence-electron chi connectivity index (χ4n) is 1.82. The van der Waals surface area contributed by atoms with Gasteiger partial charge in [0.15, 0.2) is 0 Å². The van der Waals surface area contributed by atoms with E-state index in [9.17, 15) is 18.0 Å². The summed E-state index contributed by atoms with van der Waals surface area (Å²) >= 11 is 1.75. The zero-order valence-corrected chi connectivity index (χ0v) is 12.9. The van der Waals surface area contributed by atoms with E-state index in [2.05, 4.69) is 10.6 Å². The first kappa shape index (κ1) is 17.3. The van der Waals surface area contributed by atoms with Crippen molar-refractivity contribution in [2.75, 3.05) is 30.1 Å². The Morgan fingerprint density at radius 1 is 1.50 bits per heavy atom. The van der Waals surface area contributed by atoms with Crippen LogP contribution in [-0.2, 0) is 19.4 Å². The van der Waals surface area contributed by atoms with E-state index in [1.807, 2.05) is 0 Å². The summed E-state index contributed by atoms with van der Waals surface area (Å²) in [6.07, 6.45) is 1.12. The molecule has 1 rings (SSSR count). The molecule has 0 aromatic heterocycles. The molecule has 2 unspecified atom stereocenters. The van der Waals surface area contributed by atoms with Crippen LogP contribution in [0.15, 0.2) is 0 Å². The number of nitrogens with one attached hydrogen (secondary N) is 2. The van der Waals surface area contributed by atoms with E-state index in [4.69, 9.17) is 5.11 Å². The van der Waals surface area contributed by atoms with Crippen LogP contribution in [0.1, 0.15) is 12.8 Å². The molecule has 1 heterocycles. The SMILES string of the molecule is CS(=O)(=O)CCC(NC(=O)CC1CSCCN1)C(=O)O. The molecule has 0 spiro atoms. The van der Waals surface area contributed by atoms with Gasteiger partial charge in [-0.3, -0.25) is 4.79 Å². The van der Waals surface area contributed by atoms with Gasteiger partial charge in [-0.1, -0.05) is 0 Å². The predicted molar refractivity (Wildman–Crippen MR) is 77.6 cm³/mol. The molecular formula is C11H20N2O5S2. The van der Waals surface area contributed by atoms with Crippen LogP contribution >= 0.6 is 11.8 Å². The van der Waals surface area contributed by atoms with E-state index in [-0.39, 0.29) is 30.5 Å². The third kappa shape index (κ3) is 7.11. The smallest absolute Gasteiger partial charge is 0.326 e. The Morgan fingerprint density at radius 2 is 2.20 bits per heavy atom. The van der Waals surface area contributed by atoms with E-state index in [0.29, 0.717) is 0 Å². The summed E-state index contributed by atoms with van der Waals surface area (Å²) in [5.74, 6) is -0.0283. The molecule has 1 aliphatic heterocycles. The summed E-state index contributed by atoms with van der Waals surface area (Å²) in [4.78, 5) is 22.8. The first-order chi connectivity index (χ1) is 9.28. The van der Waals surface area contributed by atoms with Crippen molar-refractivity contribution in [3.63, 3.8) is 0 Å². The maximum absolute atomic E-state index is 11.8. The van der Waals surface area contributed by atoms with Crippen LogP contribution in [0.4, 0.5) is 0 Å². The highest BCUT2D eigenvalue weighted by Gasteiger charge is 2.23. The molecule has 0 aromatic rings. The lowest BCUT2D eigenvalue weighted by Crippen LogP contribution is -2.46. The Morgan fingerprint density at radius 3 is 2.70 bits per heavy atom. The minimum Gasteiger partial charge on any atom is -0.480 e. The average molecular weight is 324 g/mol. The van der Waals surface area contributed by atoms with Crippen molar-refractivity contribution in [3.8, 4) is 0 Å². The van der Waals surface area contributed by atoms with Crippen LogP contribution in [0.5, 0.6) is 0 Å². The molecule has 7 nitrogen and oxygen atoms in total. The number of hydrogen-bond donors (Lipinski definition) is 3. The third-order valence-electron chi connectivity index (χ3n) is 2.84. The number of carboxylic acid groups (broad SMARTS) is 1. The number of hydrogen-bond acceptors (Lipinski definition) is 6. The van der Waals surface area contributed by atoms with Crippen LogP contribution < -0.4 is 10.6 Å². The number of carboxylic acids is 1. The van der Waals surface area contributed by atoms with Crippen molar-refractivity contribution in [1.29, 1.82) is 0 Å². The van der Waals surface area contributed by atoms with Gasteiger partial charge in [-0.2, -0.15) is 11.8 Å². The highest BCUT2D eigenvalue weighted by atomic mass is 32.2. The highest BCUT2D eigenvalue weighted by molar-refractivity contribution is 7.99. The van der Waals surface area contributed by atoms with Crippen LogP contribution in [0.25, 0.3) is 0 Å². The number of sulfone groups is 1. The summed E-state index contributed by atoms with van der Waals surface area (Å²) in [7, 11) is -3.25. The van der Waals surface area contributed by atoms with Crippen molar-refractivity contribution < 1.29 is 23.1 Å². The van der Waals surface area contributed by atoms with Crippen LogP contribution in [0.3, 0.4) is 0 Å². The van der Waals surface area contributed by atoms with Gasteiger partial charge in [-0.15, -0.1) is 0 Å². The highest BCUT2D eigenvalue weighted by Crippen LogP contribution is 2.10. The summed E-state index contributed by atoms with van der Waals surface area (Å²) in [6, 6.07) is -1.12. The second kappa shape index (κ2) is 7.84. The van der Waals surface area contributed by atoms with Crippen LogP contribution in [0, 0.1) is 0 Å². The van der Waals surface area contributed by atoms with Crippen molar-refractivity contribution in [2.24, 2.45) is 0 Å². The quantitative estimate of drug-likeness (QED) is 0.555. The molecule has 116 valence electrons. The number of amides is 1. The topological polar surface area (TPSA) is 113 Å². The summed E-state index contributed by atoms with van der Waals surface area (Å²) < 4.78 is 22.1. The number of thioether (sulfide) groups is 1. The molecule has 20 heavy (non-hydrogen) atoms. The van der Waals surface area contributed by atoms with Gasteiger partial charge in [0.05, 0.1) is 5.75 Å². The Labute approximate surface area is 122 Å².